The summed E-state index contributed by atoms with van der Waals surface area (Å²) in [5.41, 5.74) is 0.727. The standard InChI is InChI=1S/C16H24N2O2/c1-12-9-18(10-15(12)17(2)3)11-16(19)13-6-5-7-14(8-13)20-4/h5-8,12,15H,9-11H2,1-4H3. The molecule has 0 saturated carbocycles. The molecule has 0 aliphatic carbocycles. The molecule has 1 aliphatic rings. The molecule has 2 rings (SSSR count). The third kappa shape index (κ3) is 3.38. The Kier molecular flexibility index (Phi) is 4.78. The van der Waals surface area contributed by atoms with Gasteiger partial charge in [0, 0.05) is 24.7 Å². The number of likely N-dealkylation sites (N-methyl/N-ethyl adjacent to an activating group) is 1. The first-order valence-electron chi connectivity index (χ1n) is 7.07. The van der Waals surface area contributed by atoms with Crippen molar-refractivity contribution in [3.63, 3.8) is 0 Å². The highest BCUT2D eigenvalue weighted by Crippen LogP contribution is 2.20. The zero-order valence-corrected chi connectivity index (χ0v) is 12.8. The molecule has 1 aromatic rings. The summed E-state index contributed by atoms with van der Waals surface area (Å²) in [6.45, 7) is 4.69. The fourth-order valence-electron chi connectivity index (χ4n) is 2.94. The number of carbonyl (C=O) groups is 1. The lowest BCUT2D eigenvalue weighted by molar-refractivity contribution is 0.0940. The fourth-order valence-corrected chi connectivity index (χ4v) is 2.94. The number of Topliss-reactive ketones (excluding diaryl/α,β-unsaturated/α-hetero) is 1. The van der Waals surface area contributed by atoms with E-state index in [4.69, 9.17) is 4.74 Å². The third-order valence-electron chi connectivity index (χ3n) is 4.07. The number of hydrogen-bond acceptors (Lipinski definition) is 4. The van der Waals surface area contributed by atoms with Gasteiger partial charge in [0.05, 0.1) is 13.7 Å². The monoisotopic (exact) mass is 276 g/mol. The van der Waals surface area contributed by atoms with Crippen LogP contribution in [-0.4, -0.2) is 62.5 Å². The third-order valence-corrected chi connectivity index (χ3v) is 4.07. The molecule has 0 N–H and O–H groups in total. The van der Waals surface area contributed by atoms with E-state index in [1.807, 2.05) is 24.3 Å². The summed E-state index contributed by atoms with van der Waals surface area (Å²) in [5.74, 6) is 1.50. The van der Waals surface area contributed by atoms with Crippen molar-refractivity contribution in [3.8, 4) is 5.75 Å². The van der Waals surface area contributed by atoms with E-state index in [0.29, 0.717) is 18.5 Å². The number of carbonyl (C=O) groups excluding carboxylic acids is 1. The van der Waals surface area contributed by atoms with Gasteiger partial charge in [0.1, 0.15) is 5.75 Å². The molecule has 0 amide bonds. The van der Waals surface area contributed by atoms with Crippen molar-refractivity contribution >= 4 is 5.78 Å². The summed E-state index contributed by atoms with van der Waals surface area (Å²) in [4.78, 5) is 16.8. The van der Waals surface area contributed by atoms with Crippen molar-refractivity contribution < 1.29 is 9.53 Å². The van der Waals surface area contributed by atoms with Crippen LogP contribution in [0, 0.1) is 5.92 Å². The smallest absolute Gasteiger partial charge is 0.176 e. The minimum atomic E-state index is 0.163. The number of ether oxygens (including phenoxy) is 1. The van der Waals surface area contributed by atoms with Gasteiger partial charge >= 0.3 is 0 Å². The van der Waals surface area contributed by atoms with Gasteiger partial charge < -0.3 is 9.64 Å². The molecule has 1 fully saturated rings. The lowest BCUT2D eigenvalue weighted by Crippen LogP contribution is -2.35. The summed E-state index contributed by atoms with van der Waals surface area (Å²) < 4.78 is 5.17. The Bertz CT molecular complexity index is 473. The van der Waals surface area contributed by atoms with E-state index >= 15 is 0 Å². The van der Waals surface area contributed by atoms with Crippen LogP contribution in [0.2, 0.25) is 0 Å². The predicted molar refractivity (Wildman–Crippen MR) is 80.4 cm³/mol. The molecule has 2 unspecified atom stereocenters. The second-order valence-corrected chi connectivity index (χ2v) is 5.86. The molecule has 0 radical (unpaired) electrons. The van der Waals surface area contributed by atoms with E-state index in [-0.39, 0.29) is 5.78 Å². The van der Waals surface area contributed by atoms with Gasteiger partial charge in [0.15, 0.2) is 5.78 Å². The van der Waals surface area contributed by atoms with Gasteiger partial charge in [0.2, 0.25) is 0 Å². The van der Waals surface area contributed by atoms with Gasteiger partial charge in [-0.3, -0.25) is 9.69 Å². The summed E-state index contributed by atoms with van der Waals surface area (Å²) >= 11 is 0. The Hall–Kier alpha value is -1.39. The molecule has 0 bridgehead atoms. The van der Waals surface area contributed by atoms with Crippen LogP contribution in [0.5, 0.6) is 5.75 Å². The van der Waals surface area contributed by atoms with Gasteiger partial charge in [-0.1, -0.05) is 19.1 Å². The molecular weight excluding hydrogens is 252 g/mol. The summed E-state index contributed by atoms with van der Waals surface area (Å²) in [6, 6.07) is 7.92. The van der Waals surface area contributed by atoms with Gasteiger partial charge in [0.25, 0.3) is 0 Å². The quantitative estimate of drug-likeness (QED) is 0.767. The van der Waals surface area contributed by atoms with Crippen molar-refractivity contribution in [1.82, 2.24) is 9.80 Å². The number of ketones is 1. The highest BCUT2D eigenvalue weighted by Gasteiger charge is 2.31. The largest absolute Gasteiger partial charge is 0.497 e. The molecule has 1 aromatic carbocycles. The van der Waals surface area contributed by atoms with Crippen molar-refractivity contribution in [2.24, 2.45) is 5.92 Å². The maximum atomic E-state index is 12.3. The Balaban J connectivity index is 1.98. The van der Waals surface area contributed by atoms with E-state index < -0.39 is 0 Å². The molecule has 2 atom stereocenters. The highest BCUT2D eigenvalue weighted by molar-refractivity contribution is 5.98. The average molecular weight is 276 g/mol. The second kappa shape index (κ2) is 6.37. The highest BCUT2D eigenvalue weighted by atomic mass is 16.5. The van der Waals surface area contributed by atoms with Crippen LogP contribution >= 0.6 is 0 Å². The Morgan fingerprint density at radius 2 is 2.15 bits per heavy atom. The fraction of sp³-hybridized carbons (Fsp3) is 0.562. The summed E-state index contributed by atoms with van der Waals surface area (Å²) in [5, 5.41) is 0. The molecule has 0 spiro atoms. The molecule has 20 heavy (non-hydrogen) atoms. The van der Waals surface area contributed by atoms with Gasteiger partial charge in [-0.05, 0) is 32.1 Å². The zero-order valence-electron chi connectivity index (χ0n) is 12.8. The van der Waals surface area contributed by atoms with Crippen LogP contribution in [0.4, 0.5) is 0 Å². The van der Waals surface area contributed by atoms with E-state index in [1.165, 1.54) is 0 Å². The number of rotatable bonds is 5. The number of hydrogen-bond donors (Lipinski definition) is 0. The van der Waals surface area contributed by atoms with Crippen LogP contribution in [-0.2, 0) is 0 Å². The first-order chi connectivity index (χ1) is 9.51. The minimum Gasteiger partial charge on any atom is -0.497 e. The molecule has 1 saturated heterocycles. The topological polar surface area (TPSA) is 32.8 Å². The van der Waals surface area contributed by atoms with E-state index in [2.05, 4.69) is 30.8 Å². The second-order valence-electron chi connectivity index (χ2n) is 5.86. The lowest BCUT2D eigenvalue weighted by Gasteiger charge is -2.22. The van der Waals surface area contributed by atoms with Crippen molar-refractivity contribution in [1.29, 1.82) is 0 Å². The number of methoxy groups -OCH3 is 1. The SMILES string of the molecule is COc1cccc(C(=O)CN2CC(C)C(N(C)C)C2)c1. The maximum Gasteiger partial charge on any atom is 0.176 e. The minimum absolute atomic E-state index is 0.163. The van der Waals surface area contributed by atoms with Crippen LogP contribution in [0.3, 0.4) is 0 Å². The van der Waals surface area contributed by atoms with Gasteiger partial charge in [-0.15, -0.1) is 0 Å². The van der Waals surface area contributed by atoms with E-state index in [0.717, 1.165) is 24.4 Å². The lowest BCUT2D eigenvalue weighted by atomic mass is 10.1. The van der Waals surface area contributed by atoms with Crippen LogP contribution in [0.15, 0.2) is 24.3 Å². The van der Waals surface area contributed by atoms with Crippen LogP contribution in [0.1, 0.15) is 17.3 Å². The first kappa shape index (κ1) is 15.0. The van der Waals surface area contributed by atoms with Crippen molar-refractivity contribution in [2.45, 2.75) is 13.0 Å². The Labute approximate surface area is 121 Å². The van der Waals surface area contributed by atoms with Crippen LogP contribution in [0.25, 0.3) is 0 Å². The van der Waals surface area contributed by atoms with Gasteiger partial charge in [-0.25, -0.2) is 0 Å². The molecule has 1 aliphatic heterocycles. The summed E-state index contributed by atoms with van der Waals surface area (Å²) in [7, 11) is 5.83. The van der Waals surface area contributed by atoms with Crippen molar-refractivity contribution in [2.75, 3.05) is 40.8 Å². The van der Waals surface area contributed by atoms with Gasteiger partial charge in [-0.2, -0.15) is 0 Å². The summed E-state index contributed by atoms with van der Waals surface area (Å²) in [6.07, 6.45) is 0. The molecule has 1 heterocycles. The molecule has 110 valence electrons. The molecular formula is C16H24N2O2. The number of benzene rings is 1. The normalized spacial score (nSPS) is 23.2. The zero-order chi connectivity index (χ0) is 14.7. The van der Waals surface area contributed by atoms with E-state index in [9.17, 15) is 4.79 Å². The molecule has 4 heteroatoms. The first-order valence-corrected chi connectivity index (χ1v) is 7.07. The molecule has 0 aromatic heterocycles. The average Bonchev–Trinajstić information content (AvgIpc) is 2.79. The Morgan fingerprint density at radius 1 is 1.40 bits per heavy atom. The number of likely N-dealkylation sites (tertiary alicyclic amines) is 1. The van der Waals surface area contributed by atoms with E-state index in [1.54, 1.807) is 7.11 Å². The maximum absolute atomic E-state index is 12.3. The number of nitrogens with zero attached hydrogens (tertiary/aromatic N) is 2. The predicted octanol–water partition coefficient (Wildman–Crippen LogP) is 1.76. The van der Waals surface area contributed by atoms with Crippen LogP contribution < -0.4 is 4.74 Å². The molecule has 4 nitrogen and oxygen atoms in total. The Morgan fingerprint density at radius 3 is 2.75 bits per heavy atom. The van der Waals surface area contributed by atoms with Crippen molar-refractivity contribution in [3.05, 3.63) is 29.8 Å².